The topological polar surface area (TPSA) is 51.2 Å². The Kier molecular flexibility index (Phi) is 11.3. The zero-order valence-electron chi connectivity index (χ0n) is 26.0. The predicted octanol–water partition coefficient (Wildman–Crippen LogP) is 8.89. The Hall–Kier alpha value is -2.81. The number of carbonyl (C=O) groups excluding carboxylic acids is 3. The van der Waals surface area contributed by atoms with Crippen LogP contribution < -0.4 is 0 Å². The standard InChI is InChI=1S/C37H50O3/c1-9-11-30(32(10-2)35(39)18-26(7)38)19-29-20-34-33(23(3)4)22-31(27(8)37(34)36(40)21-29)17-25(6)16-28-14-12-24(5)13-15-28/h12-15,22-23,29-30,32H,6,9-11,16-21H2,1-5,7-8H3. The van der Waals surface area contributed by atoms with Crippen LogP contribution in [0.1, 0.15) is 123 Å². The van der Waals surface area contributed by atoms with Gasteiger partial charge in [-0.3, -0.25) is 14.4 Å². The molecule has 0 aliphatic heterocycles. The highest BCUT2D eigenvalue weighted by molar-refractivity contribution is 6.01. The number of hydrogen-bond acceptors (Lipinski definition) is 3. The van der Waals surface area contributed by atoms with Gasteiger partial charge in [0, 0.05) is 17.9 Å². The lowest BCUT2D eigenvalue weighted by Gasteiger charge is -2.33. The quantitative estimate of drug-likeness (QED) is 0.177. The molecule has 0 radical (unpaired) electrons. The maximum atomic E-state index is 13.8. The lowest BCUT2D eigenvalue weighted by molar-refractivity contribution is -0.129. The van der Waals surface area contributed by atoms with E-state index in [1.54, 1.807) is 0 Å². The number of hydrogen-bond donors (Lipinski definition) is 0. The zero-order chi connectivity index (χ0) is 29.6. The van der Waals surface area contributed by atoms with Gasteiger partial charge in [-0.15, -0.1) is 0 Å². The third-order valence-corrected chi connectivity index (χ3v) is 8.86. The molecule has 3 nitrogen and oxygen atoms in total. The first-order chi connectivity index (χ1) is 18.9. The van der Waals surface area contributed by atoms with Crippen LogP contribution in [0.5, 0.6) is 0 Å². The normalized spacial score (nSPS) is 16.5. The molecule has 216 valence electrons. The summed E-state index contributed by atoms with van der Waals surface area (Å²) in [5, 5.41) is 0. The number of ketones is 3. The Morgan fingerprint density at radius 2 is 1.70 bits per heavy atom. The van der Waals surface area contributed by atoms with Crippen molar-refractivity contribution in [1.29, 1.82) is 0 Å². The van der Waals surface area contributed by atoms with Gasteiger partial charge < -0.3 is 0 Å². The summed E-state index contributed by atoms with van der Waals surface area (Å²) in [5.74, 6) is 0.921. The summed E-state index contributed by atoms with van der Waals surface area (Å²) in [4.78, 5) is 38.4. The first kappa shape index (κ1) is 31.7. The van der Waals surface area contributed by atoms with E-state index in [0.29, 0.717) is 12.3 Å². The average molecular weight is 543 g/mol. The lowest BCUT2D eigenvalue weighted by atomic mass is 9.70. The van der Waals surface area contributed by atoms with E-state index in [-0.39, 0.29) is 41.5 Å². The fraction of sp³-hybridized carbons (Fsp3) is 0.541. The van der Waals surface area contributed by atoms with Gasteiger partial charge in [-0.2, -0.15) is 0 Å². The van der Waals surface area contributed by atoms with Crippen LogP contribution in [0.15, 0.2) is 42.5 Å². The number of fused-ring (bicyclic) bond motifs is 1. The molecule has 3 atom stereocenters. The van der Waals surface area contributed by atoms with Gasteiger partial charge in [0.1, 0.15) is 11.6 Å². The Bertz CT molecular complexity index is 1230. The Balaban J connectivity index is 1.87. The van der Waals surface area contributed by atoms with Gasteiger partial charge >= 0.3 is 0 Å². The first-order valence-electron chi connectivity index (χ1n) is 15.4. The molecule has 3 unspecified atom stereocenters. The van der Waals surface area contributed by atoms with Crippen LogP contribution in [0.25, 0.3) is 0 Å². The van der Waals surface area contributed by atoms with Gasteiger partial charge in [0.15, 0.2) is 5.78 Å². The molecule has 0 heterocycles. The average Bonchev–Trinajstić information content (AvgIpc) is 2.86. The molecular weight excluding hydrogens is 492 g/mol. The van der Waals surface area contributed by atoms with Crippen molar-refractivity contribution in [2.24, 2.45) is 17.8 Å². The molecule has 0 N–H and O–H groups in total. The Morgan fingerprint density at radius 3 is 2.27 bits per heavy atom. The molecule has 2 aromatic rings. The molecule has 0 aromatic heterocycles. The van der Waals surface area contributed by atoms with Crippen molar-refractivity contribution in [2.75, 3.05) is 0 Å². The van der Waals surface area contributed by atoms with Gasteiger partial charge in [0.2, 0.25) is 0 Å². The Labute approximate surface area is 242 Å². The van der Waals surface area contributed by atoms with Crippen LogP contribution in [-0.2, 0) is 28.9 Å². The molecule has 0 spiro atoms. The molecule has 1 aliphatic rings. The maximum absolute atomic E-state index is 13.8. The molecule has 0 bridgehead atoms. The molecule has 1 aliphatic carbocycles. The summed E-state index contributed by atoms with van der Waals surface area (Å²) >= 11 is 0. The summed E-state index contributed by atoms with van der Waals surface area (Å²) in [7, 11) is 0. The van der Waals surface area contributed by atoms with Gasteiger partial charge in [-0.1, -0.05) is 88.6 Å². The van der Waals surface area contributed by atoms with Gasteiger partial charge in [-0.05, 0) is 98.4 Å². The Morgan fingerprint density at radius 1 is 1.02 bits per heavy atom. The second-order valence-electron chi connectivity index (χ2n) is 12.7. The van der Waals surface area contributed by atoms with Crippen molar-refractivity contribution < 1.29 is 14.4 Å². The molecule has 0 saturated heterocycles. The monoisotopic (exact) mass is 542 g/mol. The van der Waals surface area contributed by atoms with Gasteiger partial charge in [0.25, 0.3) is 0 Å². The van der Waals surface area contributed by atoms with Crippen LogP contribution in [0.2, 0.25) is 0 Å². The first-order valence-corrected chi connectivity index (χ1v) is 15.4. The predicted molar refractivity (Wildman–Crippen MR) is 166 cm³/mol. The number of Topliss-reactive ketones (excluding diaryl/α,β-unsaturated/α-hetero) is 3. The SMILES string of the molecule is C=C(Cc1ccc(C)cc1)Cc1cc(C(C)C)c2c(c1C)C(=O)CC(CC(CCC)C(CC)C(=O)CC(C)=O)C2. The van der Waals surface area contributed by atoms with Gasteiger partial charge in [0.05, 0.1) is 6.42 Å². The van der Waals surface area contributed by atoms with Crippen LogP contribution in [0.4, 0.5) is 0 Å². The molecule has 0 amide bonds. The smallest absolute Gasteiger partial charge is 0.163 e. The van der Waals surface area contributed by atoms with Crippen molar-refractivity contribution in [3.05, 3.63) is 81.4 Å². The summed E-state index contributed by atoms with van der Waals surface area (Å²) in [6, 6.07) is 11.0. The van der Waals surface area contributed by atoms with Crippen LogP contribution in [0.3, 0.4) is 0 Å². The third-order valence-electron chi connectivity index (χ3n) is 8.86. The number of rotatable bonds is 14. The highest BCUT2D eigenvalue weighted by Gasteiger charge is 2.34. The minimum atomic E-state index is -0.103. The van der Waals surface area contributed by atoms with E-state index >= 15 is 0 Å². The van der Waals surface area contributed by atoms with E-state index in [1.165, 1.54) is 34.7 Å². The van der Waals surface area contributed by atoms with Crippen molar-refractivity contribution in [3.63, 3.8) is 0 Å². The van der Waals surface area contributed by atoms with E-state index < -0.39 is 0 Å². The lowest BCUT2D eigenvalue weighted by Crippen LogP contribution is -2.30. The second kappa shape index (κ2) is 14.2. The summed E-state index contributed by atoms with van der Waals surface area (Å²) in [5.41, 5.74) is 9.45. The van der Waals surface area contributed by atoms with Crippen LogP contribution in [-0.4, -0.2) is 17.3 Å². The summed E-state index contributed by atoms with van der Waals surface area (Å²) in [6.07, 6.45) is 6.64. The highest BCUT2D eigenvalue weighted by Crippen LogP contribution is 2.40. The fourth-order valence-corrected chi connectivity index (χ4v) is 6.91. The van der Waals surface area contributed by atoms with Gasteiger partial charge in [-0.25, -0.2) is 0 Å². The molecular formula is C37H50O3. The maximum Gasteiger partial charge on any atom is 0.163 e. The number of aryl methyl sites for hydroxylation is 1. The minimum Gasteiger partial charge on any atom is -0.300 e. The third kappa shape index (κ3) is 7.89. The largest absolute Gasteiger partial charge is 0.300 e. The molecule has 0 saturated carbocycles. The molecule has 40 heavy (non-hydrogen) atoms. The highest BCUT2D eigenvalue weighted by atomic mass is 16.1. The minimum absolute atomic E-state index is 0.0276. The van der Waals surface area contributed by atoms with E-state index in [0.717, 1.165) is 61.6 Å². The van der Waals surface area contributed by atoms with Crippen molar-refractivity contribution >= 4 is 17.3 Å². The molecule has 2 aromatic carbocycles. The number of benzene rings is 2. The van der Waals surface area contributed by atoms with Crippen LogP contribution >= 0.6 is 0 Å². The van der Waals surface area contributed by atoms with E-state index in [9.17, 15) is 14.4 Å². The fourth-order valence-electron chi connectivity index (χ4n) is 6.91. The summed E-state index contributed by atoms with van der Waals surface area (Å²) in [6.45, 7) is 18.8. The van der Waals surface area contributed by atoms with E-state index in [2.05, 4.69) is 78.5 Å². The van der Waals surface area contributed by atoms with Crippen LogP contribution in [0, 0.1) is 31.6 Å². The molecule has 0 fully saturated rings. The summed E-state index contributed by atoms with van der Waals surface area (Å²) < 4.78 is 0. The van der Waals surface area contributed by atoms with E-state index in [1.807, 2.05) is 0 Å². The second-order valence-corrected chi connectivity index (χ2v) is 12.7. The van der Waals surface area contributed by atoms with E-state index in [4.69, 9.17) is 0 Å². The van der Waals surface area contributed by atoms with Crippen molar-refractivity contribution in [3.8, 4) is 0 Å². The molecule has 3 rings (SSSR count). The van der Waals surface area contributed by atoms with Crippen molar-refractivity contribution in [1.82, 2.24) is 0 Å². The van der Waals surface area contributed by atoms with Crippen molar-refractivity contribution in [2.45, 2.75) is 112 Å². The number of carbonyl (C=O) groups is 3. The molecule has 3 heteroatoms. The number of allylic oxidation sites excluding steroid dienone is 1. The zero-order valence-corrected chi connectivity index (χ0v) is 26.0.